The van der Waals surface area contributed by atoms with E-state index < -0.39 is 15.1 Å². The van der Waals surface area contributed by atoms with Gasteiger partial charge in [0, 0.05) is 28.6 Å². The van der Waals surface area contributed by atoms with Crippen molar-refractivity contribution in [3.8, 4) is 0 Å². The molecule has 0 aliphatic carbocycles. The van der Waals surface area contributed by atoms with E-state index in [-0.39, 0.29) is 18.2 Å². The molecule has 1 aromatic heterocycles. The lowest BCUT2D eigenvalue weighted by Gasteiger charge is -2.20. The molecule has 4 nitrogen and oxygen atoms in total. The van der Waals surface area contributed by atoms with Crippen molar-refractivity contribution >= 4 is 38.7 Å². The largest absolute Gasteiger partial charge is 0.338 e. The van der Waals surface area contributed by atoms with Gasteiger partial charge in [0.05, 0.1) is 11.0 Å². The molecule has 1 unspecified atom stereocenters. The van der Waals surface area contributed by atoms with Crippen LogP contribution >= 0.6 is 22.9 Å². The van der Waals surface area contributed by atoms with Crippen LogP contribution in [0.25, 0.3) is 0 Å². The average molecular weight is 370 g/mol. The SMILES string of the molecule is O=C(c1ccc(Cl)cc1)N1CCC(c2cccs2)S(=O)(=O)CC1. The Morgan fingerprint density at radius 3 is 2.57 bits per heavy atom. The molecule has 0 bridgehead atoms. The van der Waals surface area contributed by atoms with Gasteiger partial charge < -0.3 is 4.90 Å². The van der Waals surface area contributed by atoms with Gasteiger partial charge in [0.2, 0.25) is 0 Å². The maximum absolute atomic E-state index is 12.6. The number of benzene rings is 1. The molecule has 1 amide bonds. The molecule has 2 aromatic rings. The second-order valence-electron chi connectivity index (χ2n) is 5.46. The van der Waals surface area contributed by atoms with Gasteiger partial charge in [-0.05, 0) is 42.1 Å². The molecule has 2 heterocycles. The Morgan fingerprint density at radius 2 is 1.91 bits per heavy atom. The normalized spacial score (nSPS) is 20.9. The molecule has 122 valence electrons. The van der Waals surface area contributed by atoms with Crippen LogP contribution in [-0.4, -0.2) is 38.1 Å². The molecule has 0 saturated carbocycles. The standard InChI is InChI=1S/C16H16ClNO3S2/c17-13-5-3-12(4-6-13)16(19)18-8-7-15(14-2-1-10-22-14)23(20,21)11-9-18/h1-6,10,15H,7-9,11H2. The fourth-order valence-corrected chi connectivity index (χ4v) is 5.85. The number of hydrogen-bond donors (Lipinski definition) is 0. The Morgan fingerprint density at radius 1 is 1.17 bits per heavy atom. The zero-order chi connectivity index (χ0) is 16.4. The molecule has 23 heavy (non-hydrogen) atoms. The molecule has 1 aliphatic rings. The van der Waals surface area contributed by atoms with Crippen molar-refractivity contribution in [2.24, 2.45) is 0 Å². The number of thiophene rings is 1. The summed E-state index contributed by atoms with van der Waals surface area (Å²) in [6, 6.07) is 10.4. The molecule has 0 radical (unpaired) electrons. The summed E-state index contributed by atoms with van der Waals surface area (Å²) < 4.78 is 25.0. The first-order valence-electron chi connectivity index (χ1n) is 7.27. The van der Waals surface area contributed by atoms with Crippen molar-refractivity contribution < 1.29 is 13.2 Å². The summed E-state index contributed by atoms with van der Waals surface area (Å²) in [5.74, 6) is -0.154. The lowest BCUT2D eigenvalue weighted by Crippen LogP contribution is -2.33. The molecule has 0 N–H and O–H groups in total. The summed E-state index contributed by atoms with van der Waals surface area (Å²) in [6.45, 7) is 0.662. The van der Waals surface area contributed by atoms with E-state index in [4.69, 9.17) is 11.6 Å². The van der Waals surface area contributed by atoms with E-state index in [0.717, 1.165) is 4.88 Å². The highest BCUT2D eigenvalue weighted by Crippen LogP contribution is 2.32. The first kappa shape index (κ1) is 16.5. The van der Waals surface area contributed by atoms with Crippen molar-refractivity contribution in [2.45, 2.75) is 11.7 Å². The van der Waals surface area contributed by atoms with E-state index in [2.05, 4.69) is 0 Å². The molecule has 1 saturated heterocycles. The first-order valence-corrected chi connectivity index (χ1v) is 10.2. The molecule has 7 heteroatoms. The number of rotatable bonds is 2. The van der Waals surface area contributed by atoms with Gasteiger partial charge in [-0.1, -0.05) is 17.7 Å². The van der Waals surface area contributed by atoms with Crippen molar-refractivity contribution in [3.63, 3.8) is 0 Å². The average Bonchev–Trinajstić information content (AvgIpc) is 2.99. The fraction of sp³-hybridized carbons (Fsp3) is 0.312. The van der Waals surface area contributed by atoms with Crippen molar-refractivity contribution in [1.82, 2.24) is 4.90 Å². The van der Waals surface area contributed by atoms with Gasteiger partial charge in [-0.3, -0.25) is 4.79 Å². The van der Waals surface area contributed by atoms with Crippen LogP contribution in [0.4, 0.5) is 0 Å². The number of amides is 1. The predicted molar refractivity (Wildman–Crippen MR) is 92.8 cm³/mol. The highest BCUT2D eigenvalue weighted by molar-refractivity contribution is 7.91. The number of nitrogens with zero attached hydrogens (tertiary/aromatic N) is 1. The number of halogens is 1. The van der Waals surface area contributed by atoms with Crippen LogP contribution in [0, 0.1) is 0 Å². The van der Waals surface area contributed by atoms with Gasteiger partial charge in [-0.2, -0.15) is 0 Å². The van der Waals surface area contributed by atoms with E-state index in [1.54, 1.807) is 29.2 Å². The molecule has 1 aliphatic heterocycles. The second-order valence-corrected chi connectivity index (χ2v) is 9.18. The number of carbonyl (C=O) groups is 1. The summed E-state index contributed by atoms with van der Waals surface area (Å²) in [7, 11) is -3.24. The maximum atomic E-state index is 12.6. The Kier molecular flexibility index (Phi) is 4.75. The van der Waals surface area contributed by atoms with Gasteiger partial charge in [0.25, 0.3) is 5.91 Å². The zero-order valence-corrected chi connectivity index (χ0v) is 14.7. The van der Waals surface area contributed by atoms with Gasteiger partial charge in [0.1, 0.15) is 0 Å². The van der Waals surface area contributed by atoms with E-state index in [1.807, 2.05) is 17.5 Å². The van der Waals surface area contributed by atoms with E-state index >= 15 is 0 Å². The van der Waals surface area contributed by atoms with Crippen LogP contribution in [-0.2, 0) is 9.84 Å². The molecule has 1 fully saturated rings. The Labute approximate surface area is 144 Å². The quantitative estimate of drug-likeness (QED) is 0.815. The highest BCUT2D eigenvalue weighted by atomic mass is 35.5. The molecule has 1 atom stereocenters. The molecule has 3 rings (SSSR count). The second kappa shape index (κ2) is 6.63. The third-order valence-corrected chi connectivity index (χ3v) is 7.47. The van der Waals surface area contributed by atoms with Crippen LogP contribution in [0.5, 0.6) is 0 Å². The van der Waals surface area contributed by atoms with E-state index in [1.165, 1.54) is 11.3 Å². The minimum atomic E-state index is -3.24. The van der Waals surface area contributed by atoms with Crippen LogP contribution < -0.4 is 0 Å². The Balaban J connectivity index is 1.80. The fourth-order valence-electron chi connectivity index (χ4n) is 2.72. The molecular weight excluding hydrogens is 354 g/mol. The number of carbonyl (C=O) groups excluding carboxylic acids is 1. The summed E-state index contributed by atoms with van der Waals surface area (Å²) in [5, 5.41) is 1.94. The third kappa shape index (κ3) is 3.59. The highest BCUT2D eigenvalue weighted by Gasteiger charge is 2.33. The van der Waals surface area contributed by atoms with Gasteiger partial charge in [-0.25, -0.2) is 8.42 Å². The molecular formula is C16H16ClNO3S2. The van der Waals surface area contributed by atoms with E-state index in [0.29, 0.717) is 23.6 Å². The number of hydrogen-bond acceptors (Lipinski definition) is 4. The topological polar surface area (TPSA) is 54.5 Å². The monoisotopic (exact) mass is 369 g/mol. The Hall–Kier alpha value is -1.37. The minimum absolute atomic E-state index is 0.00506. The van der Waals surface area contributed by atoms with Gasteiger partial charge >= 0.3 is 0 Å². The zero-order valence-electron chi connectivity index (χ0n) is 12.3. The lowest BCUT2D eigenvalue weighted by atomic mass is 10.2. The minimum Gasteiger partial charge on any atom is -0.338 e. The summed E-state index contributed by atoms with van der Waals surface area (Å²) in [4.78, 5) is 15.0. The molecule has 0 spiro atoms. The van der Waals surface area contributed by atoms with Gasteiger partial charge in [0.15, 0.2) is 9.84 Å². The molecule has 1 aromatic carbocycles. The van der Waals surface area contributed by atoms with Crippen LogP contribution in [0.2, 0.25) is 5.02 Å². The summed E-state index contributed by atoms with van der Waals surface area (Å²) in [6.07, 6.45) is 0.433. The summed E-state index contributed by atoms with van der Waals surface area (Å²) in [5.41, 5.74) is 0.529. The van der Waals surface area contributed by atoms with Crippen LogP contribution in [0.1, 0.15) is 26.9 Å². The van der Waals surface area contributed by atoms with Crippen molar-refractivity contribution in [2.75, 3.05) is 18.8 Å². The van der Waals surface area contributed by atoms with Crippen molar-refractivity contribution in [1.29, 1.82) is 0 Å². The Bertz CT molecular complexity index is 785. The first-order chi connectivity index (χ1) is 11.0. The third-order valence-electron chi connectivity index (χ3n) is 3.98. The predicted octanol–water partition coefficient (Wildman–Crippen LogP) is 3.40. The van der Waals surface area contributed by atoms with Crippen molar-refractivity contribution in [3.05, 3.63) is 57.2 Å². The lowest BCUT2D eigenvalue weighted by molar-refractivity contribution is 0.0766. The van der Waals surface area contributed by atoms with E-state index in [9.17, 15) is 13.2 Å². The smallest absolute Gasteiger partial charge is 0.253 e. The van der Waals surface area contributed by atoms with Gasteiger partial charge in [-0.15, -0.1) is 11.3 Å². The van der Waals surface area contributed by atoms with Crippen LogP contribution in [0.15, 0.2) is 41.8 Å². The summed E-state index contributed by atoms with van der Waals surface area (Å²) >= 11 is 7.29. The van der Waals surface area contributed by atoms with Crippen LogP contribution in [0.3, 0.4) is 0 Å². The maximum Gasteiger partial charge on any atom is 0.253 e. The number of sulfone groups is 1.